The number of aromatic nitrogens is 4. The topological polar surface area (TPSA) is 128 Å². The fourth-order valence-corrected chi connectivity index (χ4v) is 5.89. The summed E-state index contributed by atoms with van der Waals surface area (Å²) in [5.74, 6) is -2.64. The Hall–Kier alpha value is -4.39. The lowest BCUT2D eigenvalue weighted by Gasteiger charge is -2.47. The molecule has 3 aromatic heterocycles. The van der Waals surface area contributed by atoms with Gasteiger partial charge in [0.25, 0.3) is 0 Å². The van der Waals surface area contributed by atoms with Gasteiger partial charge in [-0.15, -0.1) is 0 Å². The summed E-state index contributed by atoms with van der Waals surface area (Å²) in [4.78, 5) is 28.1. The third-order valence-corrected chi connectivity index (χ3v) is 7.68. The molecule has 3 aliphatic carbocycles. The minimum atomic E-state index is -0.896. The predicted octanol–water partition coefficient (Wildman–Crippen LogP) is 5.14. The van der Waals surface area contributed by atoms with Crippen LogP contribution < -0.4 is 5.32 Å². The summed E-state index contributed by atoms with van der Waals surface area (Å²) < 4.78 is 30.0. The zero-order valence-electron chi connectivity index (χ0n) is 19.6. The first kappa shape index (κ1) is 23.0. The maximum atomic E-state index is 16.0. The molecular formula is C27H22F2N6O2. The number of carboxylic acid groups (broad SMARTS) is 1. The molecule has 186 valence electrons. The first-order valence-electron chi connectivity index (χ1n) is 12.1. The molecule has 3 heterocycles. The highest BCUT2D eigenvalue weighted by molar-refractivity contribution is 5.92. The molecule has 0 saturated heterocycles. The number of anilines is 1. The van der Waals surface area contributed by atoms with Gasteiger partial charge < -0.3 is 15.4 Å². The molecular weight excluding hydrogens is 478 g/mol. The van der Waals surface area contributed by atoms with E-state index < -0.39 is 29.6 Å². The fraction of sp³-hybridized carbons (Fsp3) is 0.296. The Morgan fingerprint density at radius 3 is 2.54 bits per heavy atom. The van der Waals surface area contributed by atoms with E-state index in [4.69, 9.17) is 5.26 Å². The van der Waals surface area contributed by atoms with Gasteiger partial charge in [0.2, 0.25) is 0 Å². The number of nitrogens with zero attached hydrogens (tertiary/aromatic N) is 4. The number of H-pyrrole nitrogens is 1. The number of carboxylic acids is 1. The van der Waals surface area contributed by atoms with Crippen molar-refractivity contribution in [1.82, 2.24) is 19.9 Å². The number of hydrogen-bond acceptors (Lipinski definition) is 6. The van der Waals surface area contributed by atoms with Crippen molar-refractivity contribution in [3.8, 4) is 28.7 Å². The van der Waals surface area contributed by atoms with E-state index in [0.717, 1.165) is 31.9 Å². The Kier molecular flexibility index (Phi) is 5.56. The van der Waals surface area contributed by atoms with Crippen molar-refractivity contribution in [3.05, 3.63) is 59.9 Å². The molecule has 3 aliphatic rings. The minimum absolute atomic E-state index is 0.0106. The van der Waals surface area contributed by atoms with Crippen molar-refractivity contribution < 1.29 is 18.7 Å². The van der Waals surface area contributed by atoms with Gasteiger partial charge in [0.05, 0.1) is 23.7 Å². The second-order valence-electron chi connectivity index (χ2n) is 9.71. The normalized spacial score (nSPS) is 22.6. The summed E-state index contributed by atoms with van der Waals surface area (Å²) >= 11 is 0. The van der Waals surface area contributed by atoms with E-state index in [1.165, 1.54) is 6.07 Å². The Bertz CT molecular complexity index is 1550. The van der Waals surface area contributed by atoms with E-state index in [-0.39, 0.29) is 29.2 Å². The number of aliphatic carboxylic acids is 1. The molecule has 7 rings (SSSR count). The summed E-state index contributed by atoms with van der Waals surface area (Å²) in [5.41, 5.74) is 1.68. The third-order valence-electron chi connectivity index (χ3n) is 7.68. The summed E-state index contributed by atoms with van der Waals surface area (Å²) in [6.45, 7) is 0. The van der Waals surface area contributed by atoms with Crippen LogP contribution in [-0.2, 0) is 4.79 Å². The predicted molar refractivity (Wildman–Crippen MR) is 131 cm³/mol. The summed E-state index contributed by atoms with van der Waals surface area (Å²) in [5, 5.41) is 22.7. The van der Waals surface area contributed by atoms with Gasteiger partial charge in [-0.2, -0.15) is 5.26 Å². The molecule has 3 saturated carbocycles. The van der Waals surface area contributed by atoms with Gasteiger partial charge in [-0.05, 0) is 55.7 Å². The number of nitrogens with one attached hydrogen (secondary N) is 2. The number of halogens is 2. The van der Waals surface area contributed by atoms with Crippen LogP contribution in [0.15, 0.2) is 42.7 Å². The lowest BCUT2D eigenvalue weighted by Crippen LogP contribution is -2.51. The third kappa shape index (κ3) is 3.96. The molecule has 3 fully saturated rings. The number of rotatable bonds is 5. The average molecular weight is 501 g/mol. The van der Waals surface area contributed by atoms with Crippen LogP contribution in [0.3, 0.4) is 0 Å². The van der Waals surface area contributed by atoms with Crippen LogP contribution in [-0.4, -0.2) is 37.1 Å². The molecule has 8 nitrogen and oxygen atoms in total. The number of pyridine rings is 1. The standard InChI is InChI=1S/C27H22F2N6O2/c28-17-9-18-19(12-32-24(18)31-11-17)25-34-23(16-3-1-13(10-30)2-4-16)21(29)26(35-25)33-22-15-7-5-14(6-8-15)20(22)27(36)37/h1-4,9,11-12,14-15,20,22H,5-8H2,(H,31,32)(H,36,37)(H,33,34,35). The van der Waals surface area contributed by atoms with Gasteiger partial charge in [0.15, 0.2) is 17.5 Å². The van der Waals surface area contributed by atoms with Gasteiger partial charge in [-0.1, -0.05) is 12.1 Å². The Labute approximate surface area is 210 Å². The van der Waals surface area contributed by atoms with E-state index in [1.54, 1.807) is 30.5 Å². The molecule has 0 radical (unpaired) electrons. The van der Waals surface area contributed by atoms with Crippen LogP contribution in [0.4, 0.5) is 14.6 Å². The monoisotopic (exact) mass is 500 g/mol. The van der Waals surface area contributed by atoms with Crippen LogP contribution in [0.25, 0.3) is 33.7 Å². The second-order valence-corrected chi connectivity index (χ2v) is 9.71. The van der Waals surface area contributed by atoms with Crippen molar-refractivity contribution in [2.45, 2.75) is 31.7 Å². The van der Waals surface area contributed by atoms with Gasteiger partial charge >= 0.3 is 5.97 Å². The zero-order valence-corrected chi connectivity index (χ0v) is 19.6. The van der Waals surface area contributed by atoms with E-state index in [2.05, 4.69) is 25.3 Å². The summed E-state index contributed by atoms with van der Waals surface area (Å²) in [6.07, 6.45) is 6.12. The van der Waals surface area contributed by atoms with Gasteiger partial charge in [0, 0.05) is 28.8 Å². The fourth-order valence-electron chi connectivity index (χ4n) is 5.89. The maximum absolute atomic E-state index is 16.0. The van der Waals surface area contributed by atoms with Crippen molar-refractivity contribution in [3.63, 3.8) is 0 Å². The van der Waals surface area contributed by atoms with Gasteiger partial charge in [-0.3, -0.25) is 4.79 Å². The van der Waals surface area contributed by atoms with Crippen molar-refractivity contribution >= 4 is 22.8 Å². The van der Waals surface area contributed by atoms with Crippen LogP contribution >= 0.6 is 0 Å². The Morgan fingerprint density at radius 1 is 1.11 bits per heavy atom. The SMILES string of the molecule is N#Cc1ccc(-c2nc(-c3c[nH]c4ncc(F)cc34)nc(NC3C4CCC(CC4)C3C(=O)O)c2F)cc1. The highest BCUT2D eigenvalue weighted by Crippen LogP contribution is 2.46. The molecule has 2 bridgehead atoms. The number of fused-ring (bicyclic) bond motifs is 4. The second kappa shape index (κ2) is 8.92. The van der Waals surface area contributed by atoms with Crippen LogP contribution in [0.5, 0.6) is 0 Å². The molecule has 10 heteroatoms. The lowest BCUT2D eigenvalue weighted by molar-refractivity contribution is -0.148. The highest BCUT2D eigenvalue weighted by atomic mass is 19.1. The van der Waals surface area contributed by atoms with E-state index >= 15 is 4.39 Å². The number of carbonyl (C=O) groups is 1. The Balaban J connectivity index is 1.50. The van der Waals surface area contributed by atoms with Crippen molar-refractivity contribution in [2.75, 3.05) is 5.32 Å². The zero-order chi connectivity index (χ0) is 25.7. The molecule has 0 spiro atoms. The first-order chi connectivity index (χ1) is 17.9. The first-order valence-corrected chi connectivity index (χ1v) is 12.1. The number of aromatic amines is 1. The molecule has 37 heavy (non-hydrogen) atoms. The molecule has 1 aromatic carbocycles. The van der Waals surface area contributed by atoms with Crippen LogP contribution in [0.2, 0.25) is 0 Å². The van der Waals surface area contributed by atoms with Crippen molar-refractivity contribution in [2.24, 2.45) is 17.8 Å². The number of nitriles is 1. The summed E-state index contributed by atoms with van der Waals surface area (Å²) in [7, 11) is 0. The van der Waals surface area contributed by atoms with Crippen molar-refractivity contribution in [1.29, 1.82) is 5.26 Å². The largest absolute Gasteiger partial charge is 0.481 e. The molecule has 0 aliphatic heterocycles. The van der Waals surface area contributed by atoms with Gasteiger partial charge in [0.1, 0.15) is 17.2 Å². The average Bonchev–Trinajstić information content (AvgIpc) is 3.33. The molecule has 0 amide bonds. The van der Waals surface area contributed by atoms with E-state index in [0.29, 0.717) is 27.7 Å². The quantitative estimate of drug-likeness (QED) is 0.346. The molecule has 4 aromatic rings. The number of benzene rings is 1. The molecule has 2 atom stereocenters. The maximum Gasteiger partial charge on any atom is 0.308 e. The molecule has 3 N–H and O–H groups in total. The smallest absolute Gasteiger partial charge is 0.308 e. The van der Waals surface area contributed by atoms with Crippen LogP contribution in [0, 0.1) is 40.7 Å². The van der Waals surface area contributed by atoms with Crippen LogP contribution in [0.1, 0.15) is 31.2 Å². The van der Waals surface area contributed by atoms with E-state index in [9.17, 15) is 14.3 Å². The lowest BCUT2D eigenvalue weighted by atomic mass is 9.61. The Morgan fingerprint density at radius 2 is 1.84 bits per heavy atom. The minimum Gasteiger partial charge on any atom is -0.481 e. The van der Waals surface area contributed by atoms with Gasteiger partial charge in [-0.25, -0.2) is 23.7 Å². The van der Waals surface area contributed by atoms with E-state index in [1.807, 2.05) is 6.07 Å². The molecule has 2 unspecified atom stereocenters. The number of hydrogen-bond donors (Lipinski definition) is 3. The summed E-state index contributed by atoms with van der Waals surface area (Å²) in [6, 6.07) is 9.18. The highest BCUT2D eigenvalue weighted by Gasteiger charge is 2.47.